The van der Waals surface area contributed by atoms with Gasteiger partial charge in [-0.3, -0.25) is 10.0 Å². The summed E-state index contributed by atoms with van der Waals surface area (Å²) in [5.41, 5.74) is 9.84. The molecule has 0 aromatic rings. The minimum absolute atomic E-state index is 0.166. The molecule has 58 valence electrons. The predicted molar refractivity (Wildman–Crippen MR) is 35.0 cm³/mol. The van der Waals surface area contributed by atoms with Crippen LogP contribution in [0, 0.1) is 0 Å². The first-order chi connectivity index (χ1) is 4.54. The number of carbonyl (C=O) groups excluding carboxylic acids is 1. The number of nitrogens with zero attached hydrogens (tertiary/aromatic N) is 2. The van der Waals surface area contributed by atoms with Gasteiger partial charge in [0.25, 0.3) is 0 Å². The maximum atomic E-state index is 10.3. The van der Waals surface area contributed by atoms with Gasteiger partial charge in [0.15, 0.2) is 5.96 Å². The number of carbonyl (C=O) groups is 1. The number of hydrogen-bond acceptors (Lipinski definition) is 3. The van der Waals surface area contributed by atoms with Gasteiger partial charge in [-0.15, -0.1) is 0 Å². The first-order valence-electron chi connectivity index (χ1n) is 2.56. The molecule has 0 heterocycles. The van der Waals surface area contributed by atoms with E-state index in [-0.39, 0.29) is 12.6 Å². The Labute approximate surface area is 58.1 Å². The van der Waals surface area contributed by atoms with Gasteiger partial charge in [0.1, 0.15) is 6.67 Å². The van der Waals surface area contributed by atoms with E-state index in [0.717, 1.165) is 0 Å². The van der Waals surface area contributed by atoms with Gasteiger partial charge in [-0.05, 0) is 0 Å². The Morgan fingerprint density at radius 3 is 2.50 bits per heavy atom. The van der Waals surface area contributed by atoms with Gasteiger partial charge in [0.05, 0.1) is 0 Å². The van der Waals surface area contributed by atoms with E-state index < -0.39 is 5.91 Å². The van der Waals surface area contributed by atoms with Crippen molar-refractivity contribution in [2.45, 2.75) is 6.92 Å². The van der Waals surface area contributed by atoms with Crippen molar-refractivity contribution in [2.75, 3.05) is 6.67 Å². The average molecular weight is 146 g/mol. The molecule has 6 nitrogen and oxygen atoms in total. The summed E-state index contributed by atoms with van der Waals surface area (Å²) in [6.45, 7) is 0.972. The molecule has 0 saturated carbocycles. The molecule has 0 radical (unpaired) electrons. The first-order valence-corrected chi connectivity index (χ1v) is 2.56. The van der Waals surface area contributed by atoms with E-state index in [2.05, 4.69) is 4.99 Å². The Balaban J connectivity index is 3.70. The summed E-state index contributed by atoms with van der Waals surface area (Å²) < 4.78 is 0. The maximum absolute atomic E-state index is 10.3. The molecular formula is C4H10N4O2. The number of amides is 1. The van der Waals surface area contributed by atoms with Crippen molar-refractivity contribution < 1.29 is 10.0 Å². The van der Waals surface area contributed by atoms with Crippen LogP contribution in [0.25, 0.3) is 0 Å². The Bertz CT molecular complexity index is 151. The third-order valence-electron chi connectivity index (χ3n) is 0.751. The standard InChI is InChI=1S/C4H10N4O2/c1-3(9)8(10)2-7-4(5)6/h10H,2H2,1H3,(H4,5,6,7). The molecule has 0 aliphatic carbocycles. The van der Waals surface area contributed by atoms with Crippen molar-refractivity contribution in [3.63, 3.8) is 0 Å². The highest BCUT2D eigenvalue weighted by Crippen LogP contribution is 1.81. The lowest BCUT2D eigenvalue weighted by molar-refractivity contribution is -0.161. The van der Waals surface area contributed by atoms with Crippen LogP contribution in [0.3, 0.4) is 0 Å². The molecule has 0 fully saturated rings. The molecule has 0 aliphatic heterocycles. The third-order valence-corrected chi connectivity index (χ3v) is 0.751. The molecule has 1 amide bonds. The molecule has 0 bridgehead atoms. The van der Waals surface area contributed by atoms with Gasteiger partial charge in [-0.1, -0.05) is 0 Å². The van der Waals surface area contributed by atoms with Crippen molar-refractivity contribution in [1.29, 1.82) is 0 Å². The zero-order valence-corrected chi connectivity index (χ0v) is 5.61. The number of aliphatic imine (C=N–C) groups is 1. The Kier molecular flexibility index (Phi) is 3.20. The monoisotopic (exact) mass is 146 g/mol. The summed E-state index contributed by atoms with van der Waals surface area (Å²) in [4.78, 5) is 13.7. The molecule has 6 heteroatoms. The molecule has 0 aromatic heterocycles. The largest absolute Gasteiger partial charge is 0.370 e. The smallest absolute Gasteiger partial charge is 0.244 e. The van der Waals surface area contributed by atoms with Crippen LogP contribution in [0.4, 0.5) is 0 Å². The van der Waals surface area contributed by atoms with E-state index in [1.54, 1.807) is 0 Å². The predicted octanol–water partition coefficient (Wildman–Crippen LogP) is -1.54. The summed E-state index contributed by atoms with van der Waals surface area (Å²) in [6, 6.07) is 0. The Hall–Kier alpha value is -1.30. The second-order valence-corrected chi connectivity index (χ2v) is 1.64. The number of guanidine groups is 1. The van der Waals surface area contributed by atoms with Gasteiger partial charge < -0.3 is 11.5 Å². The molecule has 0 saturated heterocycles. The molecule has 10 heavy (non-hydrogen) atoms. The second kappa shape index (κ2) is 3.67. The summed E-state index contributed by atoms with van der Waals surface area (Å²) in [5.74, 6) is -0.676. The van der Waals surface area contributed by atoms with Gasteiger partial charge >= 0.3 is 0 Å². The van der Waals surface area contributed by atoms with Crippen molar-refractivity contribution in [3.05, 3.63) is 0 Å². The number of hydroxylamine groups is 2. The van der Waals surface area contributed by atoms with E-state index in [0.29, 0.717) is 5.06 Å². The SMILES string of the molecule is CC(=O)N(O)CN=C(N)N. The molecule has 0 spiro atoms. The van der Waals surface area contributed by atoms with Crippen LogP contribution in [0.5, 0.6) is 0 Å². The third kappa shape index (κ3) is 3.67. The van der Waals surface area contributed by atoms with Crippen LogP contribution in [-0.4, -0.2) is 28.8 Å². The average Bonchev–Trinajstić information content (AvgIpc) is 1.82. The zero-order valence-electron chi connectivity index (χ0n) is 5.61. The molecule has 0 rings (SSSR count). The summed E-state index contributed by atoms with van der Waals surface area (Å²) in [5, 5.41) is 9.04. The van der Waals surface area contributed by atoms with Gasteiger partial charge in [0.2, 0.25) is 5.91 Å². The number of hydrogen-bond donors (Lipinski definition) is 3. The molecule has 0 aromatic carbocycles. The minimum Gasteiger partial charge on any atom is -0.370 e. The van der Waals surface area contributed by atoms with Crippen molar-refractivity contribution in [1.82, 2.24) is 5.06 Å². The lowest BCUT2D eigenvalue weighted by atomic mass is 10.7. The quantitative estimate of drug-likeness (QED) is 0.190. The van der Waals surface area contributed by atoms with E-state index in [9.17, 15) is 4.79 Å². The zero-order chi connectivity index (χ0) is 8.15. The lowest BCUT2D eigenvalue weighted by Crippen LogP contribution is -2.29. The van der Waals surface area contributed by atoms with E-state index in [1.807, 2.05) is 0 Å². The summed E-state index contributed by atoms with van der Waals surface area (Å²) in [6.07, 6.45) is 0. The van der Waals surface area contributed by atoms with Crippen molar-refractivity contribution in [3.8, 4) is 0 Å². The maximum Gasteiger partial charge on any atom is 0.244 e. The normalized spacial score (nSPS) is 8.60. The van der Waals surface area contributed by atoms with Gasteiger partial charge in [-0.2, -0.15) is 0 Å². The molecular weight excluding hydrogens is 136 g/mol. The second-order valence-electron chi connectivity index (χ2n) is 1.64. The van der Waals surface area contributed by atoms with Gasteiger partial charge in [0, 0.05) is 6.92 Å². The molecule has 0 atom stereocenters. The van der Waals surface area contributed by atoms with Crippen molar-refractivity contribution >= 4 is 11.9 Å². The molecule has 0 aliphatic rings. The van der Waals surface area contributed by atoms with Crippen LogP contribution in [-0.2, 0) is 4.79 Å². The fourth-order valence-electron chi connectivity index (χ4n) is 0.248. The highest BCUT2D eigenvalue weighted by atomic mass is 16.5. The first kappa shape index (κ1) is 8.70. The number of nitrogens with two attached hydrogens (primary N) is 2. The van der Waals surface area contributed by atoms with E-state index in [4.69, 9.17) is 16.7 Å². The van der Waals surface area contributed by atoms with Crippen LogP contribution in [0.1, 0.15) is 6.92 Å². The van der Waals surface area contributed by atoms with Crippen molar-refractivity contribution in [2.24, 2.45) is 16.5 Å². The Morgan fingerprint density at radius 1 is 1.70 bits per heavy atom. The summed E-state index contributed by atoms with van der Waals surface area (Å²) >= 11 is 0. The lowest BCUT2D eigenvalue weighted by Gasteiger charge is -2.07. The van der Waals surface area contributed by atoms with E-state index in [1.165, 1.54) is 6.92 Å². The highest BCUT2D eigenvalue weighted by Gasteiger charge is 2.00. The van der Waals surface area contributed by atoms with E-state index >= 15 is 0 Å². The fourth-order valence-corrected chi connectivity index (χ4v) is 0.248. The van der Waals surface area contributed by atoms with Gasteiger partial charge in [-0.25, -0.2) is 10.1 Å². The topological polar surface area (TPSA) is 105 Å². The van der Waals surface area contributed by atoms with Crippen LogP contribution in [0.15, 0.2) is 4.99 Å². The molecule has 5 N–H and O–H groups in total. The minimum atomic E-state index is -0.509. The Morgan fingerprint density at radius 2 is 2.20 bits per heavy atom. The molecule has 0 unspecified atom stereocenters. The highest BCUT2D eigenvalue weighted by molar-refractivity contribution is 5.76. The van der Waals surface area contributed by atoms with Crippen LogP contribution < -0.4 is 11.5 Å². The fraction of sp³-hybridized carbons (Fsp3) is 0.500. The van der Waals surface area contributed by atoms with Crippen LogP contribution >= 0.6 is 0 Å². The summed E-state index contributed by atoms with van der Waals surface area (Å²) in [7, 11) is 0. The number of rotatable bonds is 2. The van der Waals surface area contributed by atoms with Crippen LogP contribution in [0.2, 0.25) is 0 Å².